The Labute approximate surface area is 116 Å². The third kappa shape index (κ3) is 4.91. The number of hydrogen-bond acceptors (Lipinski definition) is 4. The van der Waals surface area contributed by atoms with Gasteiger partial charge in [0.1, 0.15) is 9.84 Å². The third-order valence-corrected chi connectivity index (χ3v) is 5.22. The lowest BCUT2D eigenvalue weighted by atomic mass is 9.98. The molecule has 0 aliphatic heterocycles. The Morgan fingerprint density at radius 3 is 2.68 bits per heavy atom. The minimum Gasteiger partial charge on any atom is -0.313 e. The van der Waals surface area contributed by atoms with Crippen molar-refractivity contribution in [3.05, 3.63) is 29.6 Å². The van der Waals surface area contributed by atoms with Crippen molar-refractivity contribution in [1.29, 1.82) is 0 Å². The molecule has 1 heterocycles. The van der Waals surface area contributed by atoms with E-state index >= 15 is 0 Å². The van der Waals surface area contributed by atoms with Crippen LogP contribution in [0.1, 0.15) is 43.9 Å². The summed E-state index contributed by atoms with van der Waals surface area (Å²) in [6.45, 7) is 3.80. The Morgan fingerprint density at radius 2 is 2.11 bits per heavy atom. The van der Waals surface area contributed by atoms with Crippen LogP contribution >= 0.6 is 0 Å². The van der Waals surface area contributed by atoms with E-state index in [9.17, 15) is 8.42 Å². The summed E-state index contributed by atoms with van der Waals surface area (Å²) in [5.74, 6) is 0.501. The van der Waals surface area contributed by atoms with Crippen molar-refractivity contribution < 1.29 is 8.42 Å². The van der Waals surface area contributed by atoms with E-state index in [1.165, 1.54) is 11.1 Å². The van der Waals surface area contributed by atoms with E-state index in [4.69, 9.17) is 0 Å². The molecule has 0 aliphatic rings. The molecule has 0 radical (unpaired) electrons. The van der Waals surface area contributed by atoms with Crippen LogP contribution in [0.5, 0.6) is 0 Å². The highest BCUT2D eigenvalue weighted by molar-refractivity contribution is 7.91. The lowest BCUT2D eigenvalue weighted by Gasteiger charge is -2.19. The maximum absolute atomic E-state index is 11.5. The van der Waals surface area contributed by atoms with Gasteiger partial charge in [0.25, 0.3) is 0 Å². The van der Waals surface area contributed by atoms with Gasteiger partial charge in [-0.15, -0.1) is 0 Å². The summed E-state index contributed by atoms with van der Waals surface area (Å²) in [6, 6.07) is 2.22. The number of nitrogens with one attached hydrogen (secondary N) is 1. The molecule has 108 valence electrons. The van der Waals surface area contributed by atoms with Gasteiger partial charge in [-0.1, -0.05) is 13.8 Å². The fourth-order valence-corrected chi connectivity index (χ4v) is 3.08. The molecule has 0 fully saturated rings. The molecule has 0 amide bonds. The van der Waals surface area contributed by atoms with Crippen LogP contribution in [-0.2, 0) is 16.3 Å². The van der Waals surface area contributed by atoms with Crippen molar-refractivity contribution >= 4 is 9.84 Å². The van der Waals surface area contributed by atoms with E-state index in [1.54, 1.807) is 13.1 Å². The van der Waals surface area contributed by atoms with E-state index in [0.717, 1.165) is 12.8 Å². The van der Waals surface area contributed by atoms with Crippen LogP contribution in [0.4, 0.5) is 0 Å². The molecule has 0 aliphatic carbocycles. The van der Waals surface area contributed by atoms with Gasteiger partial charge in [0.15, 0.2) is 0 Å². The summed E-state index contributed by atoms with van der Waals surface area (Å²) in [6.07, 6.45) is 6.14. The molecular formula is C14H24N2O2S. The average Bonchev–Trinajstić information content (AvgIpc) is 2.43. The molecule has 5 heteroatoms. The summed E-state index contributed by atoms with van der Waals surface area (Å²) in [5, 5.41) is 3.27. The highest BCUT2D eigenvalue weighted by Gasteiger charge is 2.14. The second kappa shape index (κ2) is 7.60. The summed E-state index contributed by atoms with van der Waals surface area (Å²) >= 11 is 0. The summed E-state index contributed by atoms with van der Waals surface area (Å²) in [5.41, 5.74) is 2.45. The largest absolute Gasteiger partial charge is 0.313 e. The van der Waals surface area contributed by atoms with Crippen LogP contribution in [0.15, 0.2) is 18.5 Å². The normalized spacial score (nSPS) is 13.4. The van der Waals surface area contributed by atoms with Crippen LogP contribution in [-0.4, -0.2) is 32.0 Å². The molecule has 0 saturated carbocycles. The SMILES string of the molecule is CCc1cnccc1C(CCCS(=O)(=O)CC)NC. The molecule has 0 bridgehead atoms. The first-order valence-electron chi connectivity index (χ1n) is 6.84. The van der Waals surface area contributed by atoms with Crippen molar-refractivity contribution in [3.63, 3.8) is 0 Å². The molecule has 0 spiro atoms. The van der Waals surface area contributed by atoms with Crippen LogP contribution < -0.4 is 5.32 Å². The van der Waals surface area contributed by atoms with Crippen molar-refractivity contribution in [1.82, 2.24) is 10.3 Å². The summed E-state index contributed by atoms with van der Waals surface area (Å²) < 4.78 is 23.0. The molecule has 19 heavy (non-hydrogen) atoms. The van der Waals surface area contributed by atoms with Gasteiger partial charge >= 0.3 is 0 Å². The Morgan fingerprint density at radius 1 is 1.37 bits per heavy atom. The van der Waals surface area contributed by atoms with Crippen LogP contribution in [0, 0.1) is 0 Å². The zero-order chi connectivity index (χ0) is 14.3. The third-order valence-electron chi connectivity index (χ3n) is 3.43. The van der Waals surface area contributed by atoms with E-state index in [1.807, 2.05) is 19.3 Å². The lowest BCUT2D eigenvalue weighted by molar-refractivity contribution is 0.531. The Balaban J connectivity index is 2.68. The standard InChI is InChI=1S/C14H24N2O2S/c1-4-12-11-16-9-8-13(12)14(15-3)7-6-10-19(17,18)5-2/h8-9,11,14-15H,4-7,10H2,1-3H3. The van der Waals surface area contributed by atoms with Crippen molar-refractivity contribution in [2.75, 3.05) is 18.6 Å². The van der Waals surface area contributed by atoms with Gasteiger partial charge in [-0.3, -0.25) is 4.98 Å². The Hall–Kier alpha value is -0.940. The van der Waals surface area contributed by atoms with Gasteiger partial charge in [0.05, 0.1) is 5.75 Å². The smallest absolute Gasteiger partial charge is 0.150 e. The van der Waals surface area contributed by atoms with E-state index in [-0.39, 0.29) is 17.5 Å². The van der Waals surface area contributed by atoms with Crippen molar-refractivity contribution in [2.24, 2.45) is 0 Å². The van der Waals surface area contributed by atoms with Gasteiger partial charge < -0.3 is 5.32 Å². The molecule has 0 aromatic carbocycles. The predicted molar refractivity (Wildman–Crippen MR) is 79.0 cm³/mol. The lowest BCUT2D eigenvalue weighted by Crippen LogP contribution is -2.19. The molecule has 4 nitrogen and oxygen atoms in total. The van der Waals surface area contributed by atoms with Gasteiger partial charge in [-0.2, -0.15) is 0 Å². The topological polar surface area (TPSA) is 59.1 Å². The quantitative estimate of drug-likeness (QED) is 0.794. The van der Waals surface area contributed by atoms with Gasteiger partial charge in [0, 0.05) is 24.2 Å². The van der Waals surface area contributed by atoms with Crippen molar-refractivity contribution in [3.8, 4) is 0 Å². The number of aryl methyl sites for hydroxylation is 1. The molecule has 1 atom stereocenters. The number of nitrogens with zero attached hydrogens (tertiary/aromatic N) is 1. The minimum absolute atomic E-state index is 0.199. The second-order valence-corrected chi connectivity index (χ2v) is 7.12. The zero-order valence-corrected chi connectivity index (χ0v) is 12.8. The van der Waals surface area contributed by atoms with Gasteiger partial charge in [-0.05, 0) is 43.5 Å². The number of sulfone groups is 1. The molecule has 0 saturated heterocycles. The average molecular weight is 284 g/mol. The highest BCUT2D eigenvalue weighted by atomic mass is 32.2. The molecule has 1 rings (SSSR count). The summed E-state index contributed by atoms with van der Waals surface area (Å²) in [7, 11) is -0.946. The molecule has 1 N–H and O–H groups in total. The fraction of sp³-hybridized carbons (Fsp3) is 0.643. The maximum Gasteiger partial charge on any atom is 0.150 e. The van der Waals surface area contributed by atoms with Crippen LogP contribution in [0.25, 0.3) is 0 Å². The monoisotopic (exact) mass is 284 g/mol. The number of pyridine rings is 1. The number of aromatic nitrogens is 1. The van der Waals surface area contributed by atoms with Crippen molar-refractivity contribution in [2.45, 2.75) is 39.2 Å². The van der Waals surface area contributed by atoms with Crippen LogP contribution in [0.2, 0.25) is 0 Å². The fourth-order valence-electron chi connectivity index (χ4n) is 2.18. The maximum atomic E-state index is 11.5. The molecule has 1 aromatic heterocycles. The molecule has 1 aromatic rings. The summed E-state index contributed by atoms with van der Waals surface area (Å²) in [4.78, 5) is 4.14. The molecule has 1 unspecified atom stereocenters. The first kappa shape index (κ1) is 16.1. The van der Waals surface area contributed by atoms with E-state index < -0.39 is 9.84 Å². The first-order valence-corrected chi connectivity index (χ1v) is 8.66. The first-order chi connectivity index (χ1) is 9.04. The number of hydrogen-bond donors (Lipinski definition) is 1. The van der Waals surface area contributed by atoms with E-state index in [0.29, 0.717) is 6.42 Å². The Bertz CT molecular complexity index is 486. The predicted octanol–water partition coefficient (Wildman–Crippen LogP) is 2.12. The number of rotatable bonds is 8. The zero-order valence-electron chi connectivity index (χ0n) is 12.0. The van der Waals surface area contributed by atoms with Crippen LogP contribution in [0.3, 0.4) is 0 Å². The Kier molecular flexibility index (Phi) is 6.45. The highest BCUT2D eigenvalue weighted by Crippen LogP contribution is 2.22. The van der Waals surface area contributed by atoms with Gasteiger partial charge in [0.2, 0.25) is 0 Å². The molecular weight excluding hydrogens is 260 g/mol. The minimum atomic E-state index is -2.86. The second-order valence-electron chi connectivity index (χ2n) is 4.65. The van der Waals surface area contributed by atoms with Gasteiger partial charge in [-0.25, -0.2) is 8.42 Å². The van der Waals surface area contributed by atoms with E-state index in [2.05, 4.69) is 17.2 Å².